The quantitative estimate of drug-likeness (QED) is 0.477. The molecule has 0 aromatic heterocycles. The summed E-state index contributed by atoms with van der Waals surface area (Å²) in [7, 11) is -1.08. The maximum atomic E-state index is 5.49. The third kappa shape index (κ3) is 4.31. The maximum Gasteiger partial charge on any atom is 0.0781 e. The average molecular weight is 181 g/mol. The van der Waals surface area contributed by atoms with Gasteiger partial charge in [0.1, 0.15) is 0 Å². The van der Waals surface area contributed by atoms with E-state index >= 15 is 0 Å². The summed E-state index contributed by atoms with van der Waals surface area (Å²) in [5.74, 6) is 0.606. The molecule has 0 aromatic carbocycles. The number of halogens is 1. The van der Waals surface area contributed by atoms with E-state index in [0.29, 0.717) is 18.2 Å². The zero-order chi connectivity index (χ0) is 8.20. The van der Waals surface area contributed by atoms with Gasteiger partial charge in [-0.15, -0.1) is 11.6 Å². The number of rotatable bonds is 4. The molecule has 62 valence electrons. The van der Waals surface area contributed by atoms with Crippen molar-refractivity contribution in [3.8, 4) is 0 Å². The van der Waals surface area contributed by atoms with E-state index in [9.17, 15) is 0 Å². The molecule has 0 aliphatic heterocycles. The second-order valence-corrected chi connectivity index (χ2v) is 9.49. The van der Waals surface area contributed by atoms with Crippen molar-refractivity contribution in [1.29, 1.82) is 0 Å². The minimum absolute atomic E-state index is 0.422. The third-order valence-corrected chi connectivity index (χ3v) is 4.42. The van der Waals surface area contributed by atoms with Gasteiger partial charge in [0.25, 0.3) is 0 Å². The first kappa shape index (κ1) is 10.5. The topological polar surface area (TPSA) is 9.23 Å². The van der Waals surface area contributed by atoms with Gasteiger partial charge in [-0.2, -0.15) is 0 Å². The summed E-state index contributed by atoms with van der Waals surface area (Å²) in [5, 5.41) is 0. The Morgan fingerprint density at radius 1 is 1.40 bits per heavy atom. The number of ether oxygens (including phenoxy) is 1. The van der Waals surface area contributed by atoms with Crippen molar-refractivity contribution in [3.63, 3.8) is 0 Å². The van der Waals surface area contributed by atoms with Crippen LogP contribution in [0.25, 0.3) is 0 Å². The lowest BCUT2D eigenvalue weighted by Crippen LogP contribution is -2.38. The van der Waals surface area contributed by atoms with Gasteiger partial charge in [0.05, 0.1) is 14.7 Å². The Bertz CT molecular complexity index is 90.1. The predicted molar refractivity (Wildman–Crippen MR) is 49.5 cm³/mol. The Morgan fingerprint density at radius 3 is 2.20 bits per heavy atom. The highest BCUT2D eigenvalue weighted by molar-refractivity contribution is 6.77. The molecule has 0 fully saturated rings. The monoisotopic (exact) mass is 180 g/mol. The Balaban J connectivity index is 3.52. The molecule has 0 rings (SSSR count). The molecule has 0 amide bonds. The van der Waals surface area contributed by atoms with Crippen LogP contribution in [-0.2, 0) is 4.74 Å². The first-order chi connectivity index (χ1) is 4.48. The van der Waals surface area contributed by atoms with E-state index in [2.05, 4.69) is 26.6 Å². The van der Waals surface area contributed by atoms with E-state index in [1.165, 1.54) is 0 Å². The molecular formula is C7H17ClOSi. The zero-order valence-electron chi connectivity index (χ0n) is 7.28. The molecule has 0 heterocycles. The second-order valence-electron chi connectivity index (χ2n) is 3.57. The first-order valence-electron chi connectivity index (χ1n) is 3.66. The van der Waals surface area contributed by atoms with Crippen LogP contribution in [0.5, 0.6) is 0 Å². The molecule has 0 N–H and O–H groups in total. The van der Waals surface area contributed by atoms with Crippen molar-refractivity contribution in [2.75, 3.05) is 12.5 Å². The van der Waals surface area contributed by atoms with Crippen LogP contribution in [0.3, 0.4) is 0 Å². The summed E-state index contributed by atoms with van der Waals surface area (Å²) in [5.41, 5.74) is 0.422. The minimum atomic E-state index is -1.08. The summed E-state index contributed by atoms with van der Waals surface area (Å²) < 4.78 is 5.49. The lowest BCUT2D eigenvalue weighted by atomic mass is 10.8. The number of hydrogen-bond donors (Lipinski definition) is 0. The molecule has 1 unspecified atom stereocenters. The first-order valence-corrected chi connectivity index (χ1v) is 7.77. The van der Waals surface area contributed by atoms with Crippen LogP contribution in [0, 0.1) is 0 Å². The van der Waals surface area contributed by atoms with Gasteiger partial charge in [-0.3, -0.25) is 0 Å². The molecule has 10 heavy (non-hydrogen) atoms. The average Bonchev–Trinajstić information content (AvgIpc) is 1.80. The highest BCUT2D eigenvalue weighted by Crippen LogP contribution is 2.10. The fraction of sp³-hybridized carbons (Fsp3) is 1.00. The zero-order valence-corrected chi connectivity index (χ0v) is 9.03. The van der Waals surface area contributed by atoms with E-state index in [-0.39, 0.29) is 0 Å². The lowest BCUT2D eigenvalue weighted by molar-refractivity contribution is 0.126. The van der Waals surface area contributed by atoms with E-state index in [1.54, 1.807) is 0 Å². The molecule has 0 bridgehead atoms. The molecule has 0 saturated carbocycles. The van der Waals surface area contributed by atoms with Gasteiger partial charge >= 0.3 is 0 Å². The number of alkyl halides is 1. The van der Waals surface area contributed by atoms with Crippen LogP contribution in [-0.4, -0.2) is 26.3 Å². The summed E-state index contributed by atoms with van der Waals surface area (Å²) in [4.78, 5) is 0. The van der Waals surface area contributed by atoms with Gasteiger partial charge < -0.3 is 4.74 Å². The van der Waals surface area contributed by atoms with E-state index in [4.69, 9.17) is 16.3 Å². The normalized spacial score (nSPS) is 15.3. The van der Waals surface area contributed by atoms with Gasteiger partial charge in [-0.25, -0.2) is 0 Å². The van der Waals surface area contributed by atoms with Crippen LogP contribution in [0.4, 0.5) is 0 Å². The Morgan fingerprint density at radius 2 is 1.90 bits per heavy atom. The van der Waals surface area contributed by atoms with Gasteiger partial charge in [0.2, 0.25) is 0 Å². The highest BCUT2D eigenvalue weighted by Gasteiger charge is 2.22. The fourth-order valence-corrected chi connectivity index (χ4v) is 1.18. The molecule has 3 heteroatoms. The summed E-state index contributed by atoms with van der Waals surface area (Å²) in [6, 6.07) is 0. The van der Waals surface area contributed by atoms with Crippen molar-refractivity contribution < 1.29 is 4.74 Å². The molecule has 1 nitrogen and oxygen atoms in total. The smallest absolute Gasteiger partial charge is 0.0781 e. The Hall–Kier alpha value is 0.467. The van der Waals surface area contributed by atoms with E-state index in [0.717, 1.165) is 0 Å². The van der Waals surface area contributed by atoms with E-state index < -0.39 is 8.07 Å². The molecule has 0 saturated heterocycles. The molecule has 1 atom stereocenters. The second kappa shape index (κ2) is 4.37. The Kier molecular flexibility index (Phi) is 4.57. The van der Waals surface area contributed by atoms with Gasteiger partial charge in [-0.05, 0) is 6.92 Å². The molecule has 0 aliphatic rings. The van der Waals surface area contributed by atoms with Crippen LogP contribution < -0.4 is 0 Å². The van der Waals surface area contributed by atoms with Crippen LogP contribution in [0.2, 0.25) is 19.6 Å². The van der Waals surface area contributed by atoms with Gasteiger partial charge in [-0.1, -0.05) is 19.6 Å². The van der Waals surface area contributed by atoms with Crippen LogP contribution >= 0.6 is 11.6 Å². The third-order valence-electron chi connectivity index (χ3n) is 1.66. The van der Waals surface area contributed by atoms with E-state index in [1.807, 2.05) is 0 Å². The standard InChI is InChI=1S/C7H17ClOSi/c1-7(9-6-5-8)10(2,3)4/h7H,5-6H2,1-4H3. The van der Waals surface area contributed by atoms with Crippen molar-refractivity contribution in [3.05, 3.63) is 0 Å². The highest BCUT2D eigenvalue weighted by atomic mass is 35.5. The molecular weight excluding hydrogens is 164 g/mol. The largest absolute Gasteiger partial charge is 0.381 e. The number of hydrogen-bond acceptors (Lipinski definition) is 1. The maximum absolute atomic E-state index is 5.49. The van der Waals surface area contributed by atoms with Crippen molar-refractivity contribution in [1.82, 2.24) is 0 Å². The lowest BCUT2D eigenvalue weighted by Gasteiger charge is -2.24. The molecule has 0 radical (unpaired) electrons. The summed E-state index contributed by atoms with van der Waals surface area (Å²) >= 11 is 5.49. The minimum Gasteiger partial charge on any atom is -0.381 e. The van der Waals surface area contributed by atoms with Gasteiger partial charge in [0, 0.05) is 11.6 Å². The van der Waals surface area contributed by atoms with Gasteiger partial charge in [0.15, 0.2) is 0 Å². The summed E-state index contributed by atoms with van der Waals surface area (Å²) in [6.45, 7) is 9.72. The van der Waals surface area contributed by atoms with Crippen molar-refractivity contribution >= 4 is 19.7 Å². The van der Waals surface area contributed by atoms with Crippen molar-refractivity contribution in [2.45, 2.75) is 32.3 Å². The summed E-state index contributed by atoms with van der Waals surface area (Å²) in [6.07, 6.45) is 0. The molecule has 0 aromatic rings. The predicted octanol–water partition coefficient (Wildman–Crippen LogP) is 2.51. The fourth-order valence-electron chi connectivity index (χ4n) is 0.471. The van der Waals surface area contributed by atoms with Crippen molar-refractivity contribution in [2.24, 2.45) is 0 Å². The molecule has 0 aliphatic carbocycles. The Labute approximate surface area is 69.7 Å². The molecule has 0 spiro atoms. The van der Waals surface area contributed by atoms with Crippen LogP contribution in [0.15, 0.2) is 0 Å². The SMILES string of the molecule is CC(OCCCl)[Si](C)(C)C. The van der Waals surface area contributed by atoms with Crippen LogP contribution in [0.1, 0.15) is 6.92 Å².